The molecule has 0 radical (unpaired) electrons. The number of nitrogens with one attached hydrogen (secondary N) is 1. The van der Waals surface area contributed by atoms with Gasteiger partial charge in [-0.05, 0) is 52.7 Å². The summed E-state index contributed by atoms with van der Waals surface area (Å²) in [5, 5.41) is 12.9. The lowest BCUT2D eigenvalue weighted by Gasteiger charge is -2.10. The summed E-state index contributed by atoms with van der Waals surface area (Å²) in [6, 6.07) is 6.99. The first-order valence-electron chi connectivity index (χ1n) is 5.49. The van der Waals surface area contributed by atoms with Gasteiger partial charge in [-0.3, -0.25) is 0 Å². The maximum Gasteiger partial charge on any atom is 0.129 e. The number of aromatic nitrogens is 1. The zero-order chi connectivity index (χ0) is 13.1. The van der Waals surface area contributed by atoms with Gasteiger partial charge in [0.15, 0.2) is 0 Å². The first kappa shape index (κ1) is 12.7. The van der Waals surface area contributed by atoms with Gasteiger partial charge in [-0.15, -0.1) is 0 Å². The second kappa shape index (κ2) is 5.27. The lowest BCUT2D eigenvalue weighted by molar-refractivity contribution is 0.469. The Morgan fingerprint density at radius 3 is 2.89 bits per heavy atom. The van der Waals surface area contributed by atoms with Crippen LogP contribution in [0.15, 0.2) is 34.9 Å². The van der Waals surface area contributed by atoms with E-state index in [0.29, 0.717) is 12.2 Å². The number of phenolic OH excluding ortho intramolecular Hbond substituents is 1. The predicted molar refractivity (Wildman–Crippen MR) is 76.5 cm³/mol. The number of nitrogens with zero attached hydrogens (tertiary/aromatic N) is 1. The molecule has 2 rings (SSSR count). The van der Waals surface area contributed by atoms with Crippen molar-refractivity contribution in [3.05, 3.63) is 46.1 Å². The van der Waals surface area contributed by atoms with E-state index < -0.39 is 0 Å². The highest BCUT2D eigenvalue weighted by atomic mass is 79.9. The summed E-state index contributed by atoms with van der Waals surface area (Å²) in [7, 11) is 0. The number of hydrogen-bond donors (Lipinski definition) is 3. The van der Waals surface area contributed by atoms with Crippen LogP contribution in [0.2, 0.25) is 0 Å². The Hall–Kier alpha value is -1.75. The highest BCUT2D eigenvalue weighted by Gasteiger charge is 2.04. The molecule has 1 heterocycles. The SMILES string of the molecule is Cc1cc(Br)cnc1NCc1cc(N)ccc1O. The molecule has 4 N–H and O–H groups in total. The topological polar surface area (TPSA) is 71.2 Å². The van der Waals surface area contributed by atoms with Gasteiger partial charge in [-0.1, -0.05) is 0 Å². The average molecular weight is 308 g/mol. The predicted octanol–water partition coefficient (Wildman–Crippen LogP) is 3.05. The summed E-state index contributed by atoms with van der Waals surface area (Å²) in [6.45, 7) is 2.45. The molecule has 18 heavy (non-hydrogen) atoms. The summed E-state index contributed by atoms with van der Waals surface area (Å²) in [4.78, 5) is 4.27. The molecule has 94 valence electrons. The van der Waals surface area contributed by atoms with E-state index in [1.165, 1.54) is 0 Å². The molecule has 0 saturated carbocycles. The molecule has 1 aromatic carbocycles. The van der Waals surface area contributed by atoms with E-state index in [9.17, 15) is 5.11 Å². The van der Waals surface area contributed by atoms with Gasteiger partial charge in [-0.25, -0.2) is 4.98 Å². The third-order valence-electron chi connectivity index (χ3n) is 2.59. The summed E-state index contributed by atoms with van der Waals surface area (Å²) in [6.07, 6.45) is 1.73. The van der Waals surface area contributed by atoms with E-state index in [-0.39, 0.29) is 5.75 Å². The Balaban J connectivity index is 2.13. The van der Waals surface area contributed by atoms with Crippen LogP contribution >= 0.6 is 15.9 Å². The molecule has 0 atom stereocenters. The highest BCUT2D eigenvalue weighted by molar-refractivity contribution is 9.10. The van der Waals surface area contributed by atoms with Crippen LogP contribution in [0.5, 0.6) is 5.75 Å². The normalized spacial score (nSPS) is 10.3. The van der Waals surface area contributed by atoms with E-state index >= 15 is 0 Å². The third kappa shape index (κ3) is 2.92. The largest absolute Gasteiger partial charge is 0.508 e. The van der Waals surface area contributed by atoms with Crippen LogP contribution in [0, 0.1) is 6.92 Å². The van der Waals surface area contributed by atoms with Crippen molar-refractivity contribution in [3.8, 4) is 5.75 Å². The Morgan fingerprint density at radius 2 is 2.17 bits per heavy atom. The molecule has 0 aliphatic rings. The molecule has 1 aromatic heterocycles. The Bertz CT molecular complexity index is 572. The van der Waals surface area contributed by atoms with Crippen molar-refractivity contribution in [2.75, 3.05) is 11.1 Å². The van der Waals surface area contributed by atoms with Gasteiger partial charge in [0, 0.05) is 28.5 Å². The first-order valence-corrected chi connectivity index (χ1v) is 6.29. The number of pyridine rings is 1. The molecule has 4 nitrogen and oxygen atoms in total. The molecule has 0 amide bonds. The Morgan fingerprint density at radius 1 is 1.39 bits per heavy atom. The van der Waals surface area contributed by atoms with Gasteiger partial charge in [0.25, 0.3) is 0 Å². The van der Waals surface area contributed by atoms with Crippen molar-refractivity contribution in [3.63, 3.8) is 0 Å². The molecule has 0 aliphatic carbocycles. The summed E-state index contributed by atoms with van der Waals surface area (Å²) >= 11 is 3.37. The smallest absolute Gasteiger partial charge is 0.129 e. The summed E-state index contributed by atoms with van der Waals surface area (Å²) in [5.74, 6) is 1.02. The lowest BCUT2D eigenvalue weighted by Crippen LogP contribution is -2.03. The molecule has 0 fully saturated rings. The number of halogens is 1. The minimum atomic E-state index is 0.228. The maximum absolute atomic E-state index is 9.70. The summed E-state index contributed by atoms with van der Waals surface area (Å²) < 4.78 is 0.942. The second-order valence-electron chi connectivity index (χ2n) is 4.06. The zero-order valence-electron chi connectivity index (χ0n) is 9.94. The quantitative estimate of drug-likeness (QED) is 0.602. The van der Waals surface area contributed by atoms with Crippen LogP contribution in [-0.4, -0.2) is 10.1 Å². The number of nitrogen functional groups attached to an aromatic ring is 1. The van der Waals surface area contributed by atoms with Crippen LogP contribution in [0.1, 0.15) is 11.1 Å². The molecule has 2 aromatic rings. The van der Waals surface area contributed by atoms with Gasteiger partial charge < -0.3 is 16.2 Å². The number of phenols is 1. The van der Waals surface area contributed by atoms with Crippen LogP contribution < -0.4 is 11.1 Å². The molecule has 0 aliphatic heterocycles. The van der Waals surface area contributed by atoms with Crippen LogP contribution in [0.25, 0.3) is 0 Å². The van der Waals surface area contributed by atoms with E-state index in [1.54, 1.807) is 24.4 Å². The fraction of sp³-hybridized carbons (Fsp3) is 0.154. The number of benzene rings is 1. The Kier molecular flexibility index (Phi) is 3.72. The molecule has 0 bridgehead atoms. The standard InChI is InChI=1S/C13H14BrN3O/c1-8-4-10(14)7-17-13(8)16-6-9-5-11(15)2-3-12(9)18/h2-5,7,18H,6,15H2,1H3,(H,16,17). The molecule has 0 spiro atoms. The fourth-order valence-corrected chi connectivity index (χ4v) is 2.10. The van der Waals surface area contributed by atoms with Gasteiger partial charge in [-0.2, -0.15) is 0 Å². The number of anilines is 2. The van der Waals surface area contributed by atoms with Gasteiger partial charge in [0.1, 0.15) is 11.6 Å². The number of rotatable bonds is 3. The van der Waals surface area contributed by atoms with Crippen molar-refractivity contribution in [1.29, 1.82) is 0 Å². The number of hydrogen-bond acceptors (Lipinski definition) is 4. The molecular formula is C13H14BrN3O. The maximum atomic E-state index is 9.70. The van der Waals surface area contributed by atoms with Crippen LogP contribution in [-0.2, 0) is 6.54 Å². The fourth-order valence-electron chi connectivity index (χ4n) is 1.65. The van der Waals surface area contributed by atoms with Gasteiger partial charge >= 0.3 is 0 Å². The lowest BCUT2D eigenvalue weighted by atomic mass is 10.1. The molecule has 5 heteroatoms. The number of aryl methyl sites for hydroxylation is 1. The summed E-state index contributed by atoms with van der Waals surface area (Å²) in [5.41, 5.74) is 8.10. The minimum Gasteiger partial charge on any atom is -0.508 e. The first-order chi connectivity index (χ1) is 8.56. The van der Waals surface area contributed by atoms with Crippen LogP contribution in [0.3, 0.4) is 0 Å². The van der Waals surface area contributed by atoms with Crippen molar-refractivity contribution in [2.45, 2.75) is 13.5 Å². The Labute approximate surface area is 114 Å². The van der Waals surface area contributed by atoms with Gasteiger partial charge in [0.05, 0.1) is 0 Å². The highest BCUT2D eigenvalue weighted by Crippen LogP contribution is 2.22. The monoisotopic (exact) mass is 307 g/mol. The van der Waals surface area contributed by atoms with E-state index in [2.05, 4.69) is 26.2 Å². The van der Waals surface area contributed by atoms with Crippen molar-refractivity contribution >= 4 is 27.4 Å². The van der Waals surface area contributed by atoms with Crippen molar-refractivity contribution in [2.24, 2.45) is 0 Å². The van der Waals surface area contributed by atoms with Crippen molar-refractivity contribution in [1.82, 2.24) is 4.98 Å². The molecule has 0 unspecified atom stereocenters. The third-order valence-corrected chi connectivity index (χ3v) is 3.03. The van der Waals surface area contributed by atoms with E-state index in [0.717, 1.165) is 21.4 Å². The van der Waals surface area contributed by atoms with E-state index in [4.69, 9.17) is 5.73 Å². The average Bonchev–Trinajstić information content (AvgIpc) is 2.32. The number of nitrogens with two attached hydrogens (primary N) is 1. The van der Waals surface area contributed by atoms with Crippen molar-refractivity contribution < 1.29 is 5.11 Å². The molecule has 0 saturated heterocycles. The van der Waals surface area contributed by atoms with Crippen LogP contribution in [0.4, 0.5) is 11.5 Å². The van der Waals surface area contributed by atoms with Gasteiger partial charge in [0.2, 0.25) is 0 Å². The number of aromatic hydroxyl groups is 1. The zero-order valence-corrected chi connectivity index (χ0v) is 11.5. The molecular weight excluding hydrogens is 294 g/mol. The van der Waals surface area contributed by atoms with E-state index in [1.807, 2.05) is 13.0 Å². The second-order valence-corrected chi connectivity index (χ2v) is 4.98. The minimum absolute atomic E-state index is 0.228.